The standard InChI is InChI=1S/C22H27F3O7S/c1-12(2)21(10-14-15(11-21)18-6-5-17(14)31-18)32-19-9-13(3-4-16(19)22(23,24)25)20(26)30-7-8-33(27,28)29/h3-4,9,12,14-15,17-18H,5-8,10-11H2,1-2H3,(H,27,28,29). The Morgan fingerprint density at radius 2 is 1.82 bits per heavy atom. The minimum absolute atomic E-state index is 0.0750. The van der Waals surface area contributed by atoms with E-state index in [1.165, 1.54) is 0 Å². The van der Waals surface area contributed by atoms with E-state index in [-0.39, 0.29) is 35.5 Å². The maximum absolute atomic E-state index is 13.8. The Morgan fingerprint density at radius 1 is 1.21 bits per heavy atom. The number of ether oxygens (including phenoxy) is 3. The average molecular weight is 493 g/mol. The summed E-state index contributed by atoms with van der Waals surface area (Å²) in [5.41, 5.74) is -2.02. The van der Waals surface area contributed by atoms with Crippen LogP contribution >= 0.6 is 0 Å². The summed E-state index contributed by atoms with van der Waals surface area (Å²) in [5.74, 6) is -1.86. The van der Waals surface area contributed by atoms with Gasteiger partial charge < -0.3 is 14.2 Å². The lowest BCUT2D eigenvalue weighted by molar-refractivity contribution is -0.140. The quantitative estimate of drug-likeness (QED) is 0.452. The molecule has 0 spiro atoms. The van der Waals surface area contributed by atoms with Gasteiger partial charge in [-0.3, -0.25) is 4.55 Å². The summed E-state index contributed by atoms with van der Waals surface area (Å²) in [6.45, 7) is 3.21. The van der Waals surface area contributed by atoms with Crippen LogP contribution in [0.2, 0.25) is 0 Å². The molecule has 2 heterocycles. The van der Waals surface area contributed by atoms with E-state index in [2.05, 4.69) is 0 Å². The van der Waals surface area contributed by atoms with Crippen molar-refractivity contribution in [3.63, 3.8) is 0 Å². The molecule has 2 saturated heterocycles. The predicted molar refractivity (Wildman–Crippen MR) is 110 cm³/mol. The first-order valence-electron chi connectivity index (χ1n) is 11.0. The van der Waals surface area contributed by atoms with Crippen LogP contribution in [0.5, 0.6) is 5.75 Å². The zero-order valence-corrected chi connectivity index (χ0v) is 19.1. The lowest BCUT2D eigenvalue weighted by Crippen LogP contribution is -2.41. The fourth-order valence-corrected chi connectivity index (χ4v) is 5.79. The third-order valence-corrected chi connectivity index (χ3v) is 7.90. The van der Waals surface area contributed by atoms with Crippen molar-refractivity contribution in [3.8, 4) is 5.75 Å². The molecule has 1 saturated carbocycles. The zero-order chi connectivity index (χ0) is 24.2. The van der Waals surface area contributed by atoms with Gasteiger partial charge in [-0.15, -0.1) is 0 Å². The molecule has 1 aliphatic carbocycles. The molecule has 184 valence electrons. The van der Waals surface area contributed by atoms with E-state index in [0.29, 0.717) is 12.8 Å². The fourth-order valence-electron chi connectivity index (χ4n) is 5.50. The molecule has 11 heteroatoms. The summed E-state index contributed by atoms with van der Waals surface area (Å²) < 4.78 is 88.6. The van der Waals surface area contributed by atoms with Crippen molar-refractivity contribution in [3.05, 3.63) is 29.3 Å². The average Bonchev–Trinajstić information content (AvgIpc) is 3.38. The third-order valence-electron chi connectivity index (χ3n) is 7.22. The Morgan fingerprint density at radius 3 is 2.33 bits per heavy atom. The number of hydrogen-bond donors (Lipinski definition) is 1. The van der Waals surface area contributed by atoms with Gasteiger partial charge in [-0.2, -0.15) is 21.6 Å². The van der Waals surface area contributed by atoms with E-state index in [1.54, 1.807) is 0 Å². The van der Waals surface area contributed by atoms with Crippen LogP contribution in [-0.4, -0.2) is 49.1 Å². The maximum atomic E-state index is 13.8. The summed E-state index contributed by atoms with van der Waals surface area (Å²) in [4.78, 5) is 12.3. The largest absolute Gasteiger partial charge is 0.486 e. The second kappa shape index (κ2) is 8.42. The molecule has 0 aromatic heterocycles. The van der Waals surface area contributed by atoms with Gasteiger partial charge >= 0.3 is 12.1 Å². The number of fused-ring (bicyclic) bond motifs is 5. The molecule has 33 heavy (non-hydrogen) atoms. The van der Waals surface area contributed by atoms with Crippen LogP contribution in [0.4, 0.5) is 13.2 Å². The number of hydrogen-bond acceptors (Lipinski definition) is 6. The number of esters is 1. The van der Waals surface area contributed by atoms with Crippen LogP contribution in [0.3, 0.4) is 0 Å². The monoisotopic (exact) mass is 492 g/mol. The molecule has 4 atom stereocenters. The number of halogens is 3. The molecule has 2 bridgehead atoms. The van der Waals surface area contributed by atoms with E-state index >= 15 is 0 Å². The zero-order valence-electron chi connectivity index (χ0n) is 18.3. The van der Waals surface area contributed by atoms with Gasteiger partial charge in [-0.25, -0.2) is 4.79 Å². The summed E-state index contributed by atoms with van der Waals surface area (Å²) in [5, 5.41) is 0. The molecule has 4 unspecified atom stereocenters. The Hall–Kier alpha value is -1.85. The normalized spacial score (nSPS) is 31.1. The Balaban J connectivity index is 1.61. The molecule has 2 aliphatic heterocycles. The number of alkyl halides is 3. The van der Waals surface area contributed by atoms with Crippen LogP contribution in [0.1, 0.15) is 55.5 Å². The minimum atomic E-state index is -4.70. The summed E-state index contributed by atoms with van der Waals surface area (Å²) in [7, 11) is -4.34. The summed E-state index contributed by atoms with van der Waals surface area (Å²) in [6.07, 6.45) is -1.38. The summed E-state index contributed by atoms with van der Waals surface area (Å²) in [6, 6.07) is 2.73. The SMILES string of the molecule is CC(C)C1(Oc2cc(C(=O)OCCS(=O)(=O)O)ccc2C(F)(F)F)CC2C3CCC(O3)C2C1. The number of benzene rings is 1. The van der Waals surface area contributed by atoms with E-state index < -0.39 is 51.5 Å². The van der Waals surface area contributed by atoms with Gasteiger partial charge in [-0.05, 0) is 61.6 Å². The molecular weight excluding hydrogens is 465 g/mol. The van der Waals surface area contributed by atoms with Gasteiger partial charge in [0.15, 0.2) is 0 Å². The summed E-state index contributed by atoms with van der Waals surface area (Å²) >= 11 is 0. The second-order valence-electron chi connectivity index (χ2n) is 9.48. The lowest BCUT2D eigenvalue weighted by Gasteiger charge is -2.36. The molecule has 1 aromatic carbocycles. The highest BCUT2D eigenvalue weighted by Gasteiger charge is 2.60. The second-order valence-corrected chi connectivity index (χ2v) is 11.1. The van der Waals surface area contributed by atoms with E-state index in [0.717, 1.165) is 31.0 Å². The first kappa shape index (κ1) is 24.3. The molecule has 1 aromatic rings. The van der Waals surface area contributed by atoms with Crippen LogP contribution < -0.4 is 4.74 Å². The van der Waals surface area contributed by atoms with Crippen molar-refractivity contribution < 1.29 is 45.1 Å². The first-order chi connectivity index (χ1) is 15.3. The molecular formula is C22H27F3O7S. The van der Waals surface area contributed by atoms with E-state index in [4.69, 9.17) is 18.8 Å². The Kier molecular flexibility index (Phi) is 6.20. The van der Waals surface area contributed by atoms with Crippen molar-refractivity contribution in [2.75, 3.05) is 12.4 Å². The smallest absolute Gasteiger partial charge is 0.419 e. The van der Waals surface area contributed by atoms with Crippen LogP contribution in [0.15, 0.2) is 18.2 Å². The lowest BCUT2D eigenvalue weighted by atomic mass is 9.82. The van der Waals surface area contributed by atoms with Crippen molar-refractivity contribution >= 4 is 16.1 Å². The van der Waals surface area contributed by atoms with Crippen LogP contribution in [0, 0.1) is 17.8 Å². The fraction of sp³-hybridized carbons (Fsp3) is 0.682. The third kappa shape index (κ3) is 4.85. The van der Waals surface area contributed by atoms with Crippen molar-refractivity contribution in [1.82, 2.24) is 0 Å². The topological polar surface area (TPSA) is 99.1 Å². The maximum Gasteiger partial charge on any atom is 0.419 e. The van der Waals surface area contributed by atoms with E-state index in [1.807, 2.05) is 13.8 Å². The van der Waals surface area contributed by atoms with Gasteiger partial charge in [0.2, 0.25) is 0 Å². The Labute approximate surface area is 190 Å². The van der Waals surface area contributed by atoms with E-state index in [9.17, 15) is 26.4 Å². The highest BCUT2D eigenvalue weighted by atomic mass is 32.2. The van der Waals surface area contributed by atoms with Crippen LogP contribution in [0.25, 0.3) is 0 Å². The molecule has 1 N–H and O–H groups in total. The van der Waals surface area contributed by atoms with Gasteiger partial charge in [0.25, 0.3) is 10.1 Å². The minimum Gasteiger partial charge on any atom is -0.486 e. The molecule has 3 fully saturated rings. The number of rotatable bonds is 7. The molecule has 0 amide bonds. The molecule has 3 aliphatic rings. The number of carbonyl (C=O) groups is 1. The first-order valence-corrected chi connectivity index (χ1v) is 12.6. The van der Waals surface area contributed by atoms with Gasteiger partial charge in [0.05, 0.1) is 23.3 Å². The molecule has 4 rings (SSSR count). The van der Waals surface area contributed by atoms with Gasteiger partial charge in [0.1, 0.15) is 23.7 Å². The highest BCUT2D eigenvalue weighted by Crippen LogP contribution is 2.58. The Bertz CT molecular complexity index is 1000. The van der Waals surface area contributed by atoms with Crippen molar-refractivity contribution in [1.29, 1.82) is 0 Å². The predicted octanol–water partition coefficient (Wildman–Crippen LogP) is 4.11. The highest BCUT2D eigenvalue weighted by molar-refractivity contribution is 7.85. The van der Waals surface area contributed by atoms with Crippen LogP contribution in [-0.2, 0) is 25.8 Å². The van der Waals surface area contributed by atoms with Gasteiger partial charge in [-0.1, -0.05) is 13.8 Å². The van der Waals surface area contributed by atoms with Crippen molar-refractivity contribution in [2.24, 2.45) is 17.8 Å². The molecule has 7 nitrogen and oxygen atoms in total. The van der Waals surface area contributed by atoms with Gasteiger partial charge in [0, 0.05) is 0 Å². The van der Waals surface area contributed by atoms with Crippen molar-refractivity contribution in [2.45, 2.75) is 63.5 Å². The number of carbonyl (C=O) groups excluding carboxylic acids is 1. The molecule has 0 radical (unpaired) electrons.